The number of hydrogen-bond acceptors (Lipinski definition) is 3. The average molecular weight is 294 g/mol. The second-order valence-corrected chi connectivity index (χ2v) is 5.46. The van der Waals surface area contributed by atoms with Gasteiger partial charge in [0.2, 0.25) is 5.91 Å². The molecule has 0 spiro atoms. The van der Waals surface area contributed by atoms with Crippen molar-refractivity contribution in [3.8, 4) is 0 Å². The molecule has 5 heteroatoms. The molecule has 1 fully saturated rings. The molecule has 1 saturated carbocycles. The van der Waals surface area contributed by atoms with Gasteiger partial charge in [-0.15, -0.1) is 0 Å². The van der Waals surface area contributed by atoms with Crippen LogP contribution in [-0.4, -0.2) is 32.7 Å². The lowest BCUT2D eigenvalue weighted by molar-refractivity contribution is -0.121. The summed E-state index contributed by atoms with van der Waals surface area (Å²) in [7, 11) is 1.63. The fraction of sp³-hybridized carbons (Fsp3) is 0.562. The monoisotopic (exact) mass is 294 g/mol. The van der Waals surface area contributed by atoms with E-state index in [0.29, 0.717) is 19.1 Å². The summed E-state index contributed by atoms with van der Waals surface area (Å²) in [5.74, 6) is 0.171. The van der Waals surface area contributed by atoms with Gasteiger partial charge in [-0.25, -0.2) is 4.39 Å². The Morgan fingerprint density at radius 2 is 2.10 bits per heavy atom. The molecule has 1 atom stereocenters. The van der Waals surface area contributed by atoms with Crippen LogP contribution in [0, 0.1) is 11.7 Å². The minimum atomic E-state index is -0.251. The quantitative estimate of drug-likeness (QED) is 0.721. The number of methoxy groups -OCH3 is 1. The fourth-order valence-corrected chi connectivity index (χ4v) is 2.52. The molecule has 0 heterocycles. The highest BCUT2D eigenvalue weighted by atomic mass is 19.1. The molecule has 1 aromatic carbocycles. The van der Waals surface area contributed by atoms with Crippen molar-refractivity contribution in [1.29, 1.82) is 0 Å². The van der Waals surface area contributed by atoms with Crippen molar-refractivity contribution in [2.45, 2.75) is 25.3 Å². The van der Waals surface area contributed by atoms with Crippen LogP contribution < -0.4 is 10.6 Å². The van der Waals surface area contributed by atoms with E-state index in [2.05, 4.69) is 10.6 Å². The van der Waals surface area contributed by atoms with E-state index in [9.17, 15) is 9.18 Å². The van der Waals surface area contributed by atoms with Crippen LogP contribution in [0.5, 0.6) is 0 Å². The molecule has 1 aliphatic rings. The third-order valence-electron chi connectivity index (χ3n) is 3.94. The molecule has 0 saturated heterocycles. The molecule has 0 bridgehead atoms. The van der Waals surface area contributed by atoms with Gasteiger partial charge in [0.25, 0.3) is 0 Å². The fourth-order valence-electron chi connectivity index (χ4n) is 2.52. The Morgan fingerprint density at radius 1 is 1.38 bits per heavy atom. The summed E-state index contributed by atoms with van der Waals surface area (Å²) in [6.07, 6.45) is 3.42. The second kappa shape index (κ2) is 8.10. The summed E-state index contributed by atoms with van der Waals surface area (Å²) in [4.78, 5) is 12.0. The number of ether oxygens (including phenoxy) is 1. The predicted molar refractivity (Wildman–Crippen MR) is 79.4 cm³/mol. The van der Waals surface area contributed by atoms with Crippen LogP contribution in [0.3, 0.4) is 0 Å². The maximum Gasteiger partial charge on any atom is 0.234 e. The molecule has 21 heavy (non-hydrogen) atoms. The van der Waals surface area contributed by atoms with Crippen LogP contribution in [-0.2, 0) is 9.53 Å². The van der Waals surface area contributed by atoms with Crippen molar-refractivity contribution in [2.24, 2.45) is 5.92 Å². The summed E-state index contributed by atoms with van der Waals surface area (Å²) >= 11 is 0. The molecule has 1 aliphatic carbocycles. The van der Waals surface area contributed by atoms with Gasteiger partial charge in [0.15, 0.2) is 0 Å². The first kappa shape index (κ1) is 15.9. The first-order chi connectivity index (χ1) is 10.2. The Balaban J connectivity index is 1.90. The first-order valence-corrected chi connectivity index (χ1v) is 7.45. The van der Waals surface area contributed by atoms with Crippen molar-refractivity contribution < 1.29 is 13.9 Å². The lowest BCUT2D eigenvalue weighted by atomic mass is 9.77. The van der Waals surface area contributed by atoms with Crippen molar-refractivity contribution in [3.05, 3.63) is 35.6 Å². The standard InChI is InChI=1S/C16H23FN2O2/c1-21-10-9-18-11-15(20)19-16(12-3-2-4-12)13-5-7-14(17)8-6-13/h5-8,12,16,18H,2-4,9-11H2,1H3,(H,19,20). The lowest BCUT2D eigenvalue weighted by Crippen LogP contribution is -2.41. The summed E-state index contributed by atoms with van der Waals surface area (Å²) < 4.78 is 18.0. The summed E-state index contributed by atoms with van der Waals surface area (Å²) in [6, 6.07) is 6.40. The van der Waals surface area contributed by atoms with E-state index < -0.39 is 0 Å². The van der Waals surface area contributed by atoms with E-state index in [0.717, 1.165) is 18.4 Å². The van der Waals surface area contributed by atoms with Gasteiger partial charge in [-0.3, -0.25) is 4.79 Å². The molecule has 0 aromatic heterocycles. The number of halogens is 1. The maximum absolute atomic E-state index is 13.0. The van der Waals surface area contributed by atoms with Crippen LogP contribution in [0.1, 0.15) is 30.9 Å². The number of nitrogens with one attached hydrogen (secondary N) is 2. The number of hydrogen-bond donors (Lipinski definition) is 2. The van der Waals surface area contributed by atoms with Crippen molar-refractivity contribution in [2.75, 3.05) is 26.8 Å². The Morgan fingerprint density at radius 3 is 2.67 bits per heavy atom. The summed E-state index contributed by atoms with van der Waals surface area (Å²) in [5.41, 5.74) is 0.978. The van der Waals surface area contributed by atoms with Gasteiger partial charge in [0.05, 0.1) is 19.2 Å². The molecule has 1 amide bonds. The molecular formula is C16H23FN2O2. The van der Waals surface area contributed by atoms with Gasteiger partial charge >= 0.3 is 0 Å². The van der Waals surface area contributed by atoms with E-state index in [1.165, 1.54) is 18.6 Å². The van der Waals surface area contributed by atoms with Gasteiger partial charge in [0.1, 0.15) is 5.82 Å². The number of benzene rings is 1. The van der Waals surface area contributed by atoms with E-state index in [1.54, 1.807) is 19.2 Å². The average Bonchev–Trinajstić information content (AvgIpc) is 2.42. The zero-order valence-electron chi connectivity index (χ0n) is 12.4. The number of carbonyl (C=O) groups excluding carboxylic acids is 1. The summed E-state index contributed by atoms with van der Waals surface area (Å²) in [5, 5.41) is 6.10. The Bertz CT molecular complexity index is 446. The maximum atomic E-state index is 13.0. The van der Waals surface area contributed by atoms with Crippen molar-refractivity contribution in [3.63, 3.8) is 0 Å². The van der Waals surface area contributed by atoms with Crippen molar-refractivity contribution in [1.82, 2.24) is 10.6 Å². The van der Waals surface area contributed by atoms with E-state index in [1.807, 2.05) is 0 Å². The zero-order valence-corrected chi connectivity index (χ0v) is 12.4. The highest BCUT2D eigenvalue weighted by Gasteiger charge is 2.29. The van der Waals surface area contributed by atoms with Crippen LogP contribution in [0.4, 0.5) is 4.39 Å². The number of amides is 1. The largest absolute Gasteiger partial charge is 0.383 e. The normalized spacial score (nSPS) is 16.3. The smallest absolute Gasteiger partial charge is 0.234 e. The minimum absolute atomic E-state index is 0.0175. The Labute approximate surface area is 125 Å². The van der Waals surface area contributed by atoms with E-state index in [-0.39, 0.29) is 24.3 Å². The molecule has 1 unspecified atom stereocenters. The van der Waals surface area contributed by atoms with Crippen molar-refractivity contribution >= 4 is 5.91 Å². The second-order valence-electron chi connectivity index (χ2n) is 5.46. The molecule has 116 valence electrons. The van der Waals surface area contributed by atoms with Gasteiger partial charge < -0.3 is 15.4 Å². The molecule has 1 aromatic rings. The highest BCUT2D eigenvalue weighted by molar-refractivity contribution is 5.78. The third kappa shape index (κ3) is 4.79. The van der Waals surface area contributed by atoms with Gasteiger partial charge in [0, 0.05) is 13.7 Å². The molecule has 0 aliphatic heterocycles. The highest BCUT2D eigenvalue weighted by Crippen LogP contribution is 2.37. The molecule has 2 N–H and O–H groups in total. The number of rotatable bonds is 8. The van der Waals surface area contributed by atoms with Crippen LogP contribution in [0.2, 0.25) is 0 Å². The predicted octanol–water partition coefficient (Wildman–Crippen LogP) is 2.02. The van der Waals surface area contributed by atoms with Gasteiger partial charge in [-0.2, -0.15) is 0 Å². The van der Waals surface area contributed by atoms with E-state index >= 15 is 0 Å². The lowest BCUT2D eigenvalue weighted by Gasteiger charge is -2.34. The van der Waals surface area contributed by atoms with E-state index in [4.69, 9.17) is 4.74 Å². The zero-order chi connectivity index (χ0) is 15.1. The molecule has 4 nitrogen and oxygen atoms in total. The topological polar surface area (TPSA) is 50.4 Å². The third-order valence-corrected chi connectivity index (χ3v) is 3.94. The Hall–Kier alpha value is -1.46. The minimum Gasteiger partial charge on any atom is -0.383 e. The molecule has 0 radical (unpaired) electrons. The Kier molecular flexibility index (Phi) is 6.14. The molecule has 2 rings (SSSR count). The SMILES string of the molecule is COCCNCC(=O)NC(c1ccc(F)cc1)C1CCC1. The first-order valence-electron chi connectivity index (χ1n) is 7.45. The number of carbonyl (C=O) groups is 1. The van der Waals surface area contributed by atoms with Gasteiger partial charge in [-0.05, 0) is 36.5 Å². The van der Waals surface area contributed by atoms with Crippen LogP contribution in [0.25, 0.3) is 0 Å². The summed E-state index contributed by atoms with van der Waals surface area (Å²) in [6.45, 7) is 1.50. The van der Waals surface area contributed by atoms with Gasteiger partial charge in [-0.1, -0.05) is 18.6 Å². The van der Waals surface area contributed by atoms with Crippen LogP contribution in [0.15, 0.2) is 24.3 Å². The molecular weight excluding hydrogens is 271 g/mol. The van der Waals surface area contributed by atoms with Crippen LogP contribution >= 0.6 is 0 Å².